The maximum atomic E-state index is 12.2. The Labute approximate surface area is 231 Å². The van der Waals surface area contributed by atoms with Gasteiger partial charge in [-0.15, -0.1) is 0 Å². The molecule has 1 aliphatic carbocycles. The molecule has 0 aliphatic heterocycles. The van der Waals surface area contributed by atoms with Gasteiger partial charge in [0.05, 0.1) is 12.2 Å². The summed E-state index contributed by atoms with van der Waals surface area (Å²) >= 11 is 5.93. The number of benzene rings is 2. The van der Waals surface area contributed by atoms with Crippen molar-refractivity contribution in [3.05, 3.63) is 83.0 Å². The summed E-state index contributed by atoms with van der Waals surface area (Å²) in [5.41, 5.74) is 1.62. The Morgan fingerprint density at radius 3 is 2.37 bits per heavy atom. The molecule has 0 saturated carbocycles. The first-order chi connectivity index (χ1) is 18.4. The summed E-state index contributed by atoms with van der Waals surface area (Å²) in [7, 11) is 4.06. The Morgan fingerprint density at radius 1 is 0.974 bits per heavy atom. The molecule has 7 heteroatoms. The van der Waals surface area contributed by atoms with Gasteiger partial charge in [0.1, 0.15) is 11.5 Å². The van der Waals surface area contributed by atoms with Crippen LogP contribution in [0.5, 0.6) is 11.5 Å². The molecule has 0 aromatic heterocycles. The van der Waals surface area contributed by atoms with Gasteiger partial charge in [-0.2, -0.15) is 0 Å². The van der Waals surface area contributed by atoms with E-state index in [0.29, 0.717) is 35.3 Å². The van der Waals surface area contributed by atoms with Crippen LogP contribution in [0.4, 0.5) is 0 Å². The van der Waals surface area contributed by atoms with Gasteiger partial charge in [0.15, 0.2) is 0 Å². The molecule has 38 heavy (non-hydrogen) atoms. The van der Waals surface area contributed by atoms with E-state index in [2.05, 4.69) is 28.4 Å². The van der Waals surface area contributed by atoms with Crippen LogP contribution in [0.3, 0.4) is 0 Å². The second kappa shape index (κ2) is 15.9. The molecule has 2 aromatic carbocycles. The summed E-state index contributed by atoms with van der Waals surface area (Å²) in [4.78, 5) is 26.5. The largest absolute Gasteiger partial charge is 0.494 e. The van der Waals surface area contributed by atoms with Crippen molar-refractivity contribution in [2.75, 3.05) is 27.2 Å². The molecule has 3 rings (SSSR count). The van der Waals surface area contributed by atoms with Gasteiger partial charge in [-0.05, 0) is 73.7 Å². The number of nitrogens with one attached hydrogen (secondary N) is 1. The first-order valence-electron chi connectivity index (χ1n) is 13.4. The number of hydrogen-bond acceptors (Lipinski definition) is 5. The van der Waals surface area contributed by atoms with Gasteiger partial charge in [-0.1, -0.05) is 55.5 Å². The fourth-order valence-electron chi connectivity index (χ4n) is 4.18. The number of carbonyl (C=O) groups excluding carboxylic acids is 2. The lowest BCUT2D eigenvalue weighted by molar-refractivity contribution is -0.121. The van der Waals surface area contributed by atoms with E-state index in [4.69, 9.17) is 21.1 Å². The van der Waals surface area contributed by atoms with Gasteiger partial charge in [0.2, 0.25) is 5.91 Å². The number of nitrogens with zero attached hydrogens (tertiary/aromatic N) is 1. The van der Waals surface area contributed by atoms with Crippen molar-refractivity contribution < 1.29 is 19.1 Å². The molecule has 1 unspecified atom stereocenters. The van der Waals surface area contributed by atoms with Gasteiger partial charge < -0.3 is 19.7 Å². The summed E-state index contributed by atoms with van der Waals surface area (Å²) in [6.07, 6.45) is 14.5. The number of hydrogen-bond donors (Lipinski definition) is 1. The smallest absolute Gasteiger partial charge is 0.343 e. The normalized spacial score (nSPS) is 14.5. The fraction of sp³-hybridized carbons (Fsp3) is 0.419. The number of esters is 1. The van der Waals surface area contributed by atoms with E-state index in [9.17, 15) is 9.59 Å². The number of likely N-dealkylation sites (N-methyl/N-ethyl adjacent to an activating group) is 1. The third kappa shape index (κ3) is 10.6. The minimum absolute atomic E-state index is 0.144. The molecule has 1 aliphatic rings. The lowest BCUT2D eigenvalue weighted by atomic mass is 9.95. The van der Waals surface area contributed by atoms with Crippen molar-refractivity contribution in [1.29, 1.82) is 0 Å². The lowest BCUT2D eigenvalue weighted by Crippen LogP contribution is -2.26. The van der Waals surface area contributed by atoms with Crippen molar-refractivity contribution in [2.24, 2.45) is 5.92 Å². The molecule has 0 saturated heterocycles. The Bertz CT molecular complexity index is 1100. The first-order valence-corrected chi connectivity index (χ1v) is 13.8. The number of ether oxygens (including phenoxy) is 2. The lowest BCUT2D eigenvalue weighted by Gasteiger charge is -2.20. The average Bonchev–Trinajstić information content (AvgIpc) is 2.91. The zero-order chi connectivity index (χ0) is 27.2. The Hall–Kier alpha value is -3.25. The number of unbranched alkanes of at least 4 members (excludes halogenated alkanes) is 5. The maximum Gasteiger partial charge on any atom is 0.343 e. The van der Waals surface area contributed by atoms with Crippen LogP contribution in [-0.2, 0) is 4.79 Å². The van der Waals surface area contributed by atoms with Gasteiger partial charge in [0.25, 0.3) is 0 Å². The summed E-state index contributed by atoms with van der Waals surface area (Å²) in [5.74, 6) is 1.21. The minimum atomic E-state index is -0.447. The highest BCUT2D eigenvalue weighted by molar-refractivity contribution is 6.30. The van der Waals surface area contributed by atoms with Crippen LogP contribution in [0, 0.1) is 5.92 Å². The number of amides is 1. The van der Waals surface area contributed by atoms with Crippen LogP contribution >= 0.6 is 11.6 Å². The summed E-state index contributed by atoms with van der Waals surface area (Å²) < 4.78 is 11.2. The SMILES string of the molecule is CN(C)C1=CCC(CC(=O)NCCCCCCCCOc2ccc(OC(=O)c3cccc(Cl)c3)cc2)C=C1. The predicted molar refractivity (Wildman–Crippen MR) is 153 cm³/mol. The highest BCUT2D eigenvalue weighted by atomic mass is 35.5. The Morgan fingerprint density at radius 2 is 1.68 bits per heavy atom. The van der Waals surface area contributed by atoms with E-state index >= 15 is 0 Å². The van der Waals surface area contributed by atoms with Crippen molar-refractivity contribution in [3.8, 4) is 11.5 Å². The second-order valence-corrected chi connectivity index (χ2v) is 10.2. The zero-order valence-corrected chi connectivity index (χ0v) is 23.2. The van der Waals surface area contributed by atoms with Crippen LogP contribution in [0.15, 0.2) is 72.5 Å². The maximum absolute atomic E-state index is 12.2. The molecule has 0 radical (unpaired) electrons. The summed E-state index contributed by atoms with van der Waals surface area (Å²) in [6, 6.07) is 13.7. The van der Waals surface area contributed by atoms with Crippen molar-refractivity contribution in [2.45, 2.75) is 51.4 Å². The van der Waals surface area contributed by atoms with Crippen molar-refractivity contribution >= 4 is 23.5 Å². The van der Waals surface area contributed by atoms with Gasteiger partial charge in [-0.3, -0.25) is 4.79 Å². The quantitative estimate of drug-likeness (QED) is 0.153. The average molecular weight is 539 g/mol. The van der Waals surface area contributed by atoms with E-state index in [1.807, 2.05) is 14.1 Å². The van der Waals surface area contributed by atoms with E-state index in [0.717, 1.165) is 57.2 Å². The molecule has 2 aromatic rings. The van der Waals surface area contributed by atoms with Crippen molar-refractivity contribution in [1.82, 2.24) is 10.2 Å². The Balaban J connectivity index is 1.17. The third-order valence-electron chi connectivity index (χ3n) is 6.39. The van der Waals surface area contributed by atoms with E-state index in [1.165, 1.54) is 5.70 Å². The minimum Gasteiger partial charge on any atom is -0.494 e. The molecule has 1 amide bonds. The monoisotopic (exact) mass is 538 g/mol. The van der Waals surface area contributed by atoms with Crippen LogP contribution in [0.1, 0.15) is 61.7 Å². The molecule has 6 nitrogen and oxygen atoms in total. The number of allylic oxidation sites excluding steroid dienone is 3. The summed E-state index contributed by atoms with van der Waals surface area (Å²) in [6.45, 7) is 1.40. The van der Waals surface area contributed by atoms with Crippen LogP contribution in [-0.4, -0.2) is 44.0 Å². The number of carbonyl (C=O) groups is 2. The highest BCUT2D eigenvalue weighted by Crippen LogP contribution is 2.21. The van der Waals surface area contributed by atoms with Gasteiger partial charge in [-0.25, -0.2) is 4.79 Å². The number of rotatable bonds is 15. The van der Waals surface area contributed by atoms with Crippen LogP contribution in [0.2, 0.25) is 5.02 Å². The van der Waals surface area contributed by atoms with E-state index in [-0.39, 0.29) is 5.91 Å². The second-order valence-electron chi connectivity index (χ2n) is 9.77. The molecule has 0 fully saturated rings. The molecular formula is C31H39ClN2O4. The van der Waals surface area contributed by atoms with E-state index < -0.39 is 5.97 Å². The van der Waals surface area contributed by atoms with Crippen LogP contribution < -0.4 is 14.8 Å². The first kappa shape index (κ1) is 29.3. The van der Waals surface area contributed by atoms with Crippen molar-refractivity contribution in [3.63, 3.8) is 0 Å². The zero-order valence-electron chi connectivity index (χ0n) is 22.5. The van der Waals surface area contributed by atoms with Crippen LogP contribution in [0.25, 0.3) is 0 Å². The molecule has 0 heterocycles. The Kier molecular flexibility index (Phi) is 12.2. The topological polar surface area (TPSA) is 67.9 Å². The molecule has 1 N–H and O–H groups in total. The molecule has 0 bridgehead atoms. The highest BCUT2D eigenvalue weighted by Gasteiger charge is 2.14. The van der Waals surface area contributed by atoms with Gasteiger partial charge in [0, 0.05) is 37.8 Å². The molecule has 0 spiro atoms. The predicted octanol–water partition coefficient (Wildman–Crippen LogP) is 6.81. The number of halogens is 1. The molecule has 204 valence electrons. The third-order valence-corrected chi connectivity index (χ3v) is 6.62. The van der Waals surface area contributed by atoms with E-state index in [1.54, 1.807) is 48.5 Å². The molecular weight excluding hydrogens is 500 g/mol. The van der Waals surface area contributed by atoms with Gasteiger partial charge >= 0.3 is 5.97 Å². The fourth-order valence-corrected chi connectivity index (χ4v) is 4.37. The standard InChI is InChI=1S/C31H39ClN2O4/c1-34(2)27-14-12-24(13-15-27)22-30(35)33-20-7-5-3-4-6-8-21-37-28-16-18-29(19-17-28)38-31(36)25-10-9-11-26(32)23-25/h9-12,14-19,23-24H,3-8,13,20-22H2,1-2H3,(H,33,35). The summed E-state index contributed by atoms with van der Waals surface area (Å²) in [5, 5.41) is 3.55. The molecule has 1 atom stereocenters.